The molecule has 2 bridgehead atoms. The number of ether oxygens (including phenoxy) is 3. The molecule has 0 fully saturated rings. The van der Waals surface area contributed by atoms with Crippen molar-refractivity contribution in [2.24, 2.45) is 23.5 Å². The summed E-state index contributed by atoms with van der Waals surface area (Å²) < 4.78 is 17.0. The molecule has 0 saturated heterocycles. The molecule has 0 aliphatic carbocycles. The van der Waals surface area contributed by atoms with Gasteiger partial charge in [0.2, 0.25) is 0 Å². The molecule has 0 spiro atoms. The van der Waals surface area contributed by atoms with Gasteiger partial charge in [0.25, 0.3) is 5.91 Å². The Bertz CT molecular complexity index is 1110. The van der Waals surface area contributed by atoms with Gasteiger partial charge in [0.15, 0.2) is 0 Å². The molecule has 10 nitrogen and oxygen atoms in total. The summed E-state index contributed by atoms with van der Waals surface area (Å²) in [4.78, 5) is 24.5. The van der Waals surface area contributed by atoms with Gasteiger partial charge >= 0.3 is 6.09 Å². The van der Waals surface area contributed by atoms with Crippen molar-refractivity contribution in [2.45, 2.75) is 65.5 Å². The first-order valence-corrected chi connectivity index (χ1v) is 12.9. The van der Waals surface area contributed by atoms with E-state index in [-0.39, 0.29) is 34.6 Å². The highest BCUT2D eigenvalue weighted by atomic mass is 16.6. The number of amides is 2. The molecule has 10 heteroatoms. The van der Waals surface area contributed by atoms with Crippen LogP contribution in [0.25, 0.3) is 0 Å². The molecule has 0 radical (unpaired) electrons. The molecule has 2 rings (SSSR count). The van der Waals surface area contributed by atoms with Crippen LogP contribution in [0.1, 0.15) is 52.7 Å². The third-order valence-electron chi connectivity index (χ3n) is 7.11. The van der Waals surface area contributed by atoms with Gasteiger partial charge in [0.1, 0.15) is 17.6 Å². The Balaban J connectivity index is 2.63. The predicted molar refractivity (Wildman–Crippen MR) is 148 cm³/mol. The fourth-order valence-electron chi connectivity index (χ4n) is 4.95. The lowest BCUT2D eigenvalue weighted by atomic mass is 9.86. The summed E-state index contributed by atoms with van der Waals surface area (Å²) in [5, 5.41) is 34.9. The number of primary amides is 1. The lowest BCUT2D eigenvalue weighted by Gasteiger charge is -2.32. The summed E-state index contributed by atoms with van der Waals surface area (Å²) in [5.74, 6) is -2.00. The van der Waals surface area contributed by atoms with Crippen LogP contribution in [0, 0.1) is 17.8 Å². The van der Waals surface area contributed by atoms with Crippen LogP contribution in [0.4, 0.5) is 10.5 Å². The second kappa shape index (κ2) is 14.2. The van der Waals surface area contributed by atoms with Gasteiger partial charge in [-0.1, -0.05) is 45.1 Å². The molecule has 1 aromatic carbocycles. The molecule has 2 amide bonds. The van der Waals surface area contributed by atoms with Crippen molar-refractivity contribution >= 4 is 17.7 Å². The highest BCUT2D eigenvalue weighted by molar-refractivity contribution is 6.04. The zero-order chi connectivity index (χ0) is 29.4. The maximum absolute atomic E-state index is 12.8. The molecule has 216 valence electrons. The number of aliphatic hydroxyl groups is 1. The van der Waals surface area contributed by atoms with Crippen LogP contribution in [-0.2, 0) is 19.0 Å². The Hall–Kier alpha value is -3.34. The van der Waals surface area contributed by atoms with Crippen LogP contribution in [0.5, 0.6) is 11.5 Å². The van der Waals surface area contributed by atoms with Gasteiger partial charge in [-0.15, -0.1) is 0 Å². The van der Waals surface area contributed by atoms with Crippen LogP contribution in [0.15, 0.2) is 47.6 Å². The number of carbonyl (C=O) groups is 2. The molecular weight excluding hydrogens is 504 g/mol. The minimum Gasteiger partial charge on any atom is -0.508 e. The van der Waals surface area contributed by atoms with Crippen LogP contribution in [0.2, 0.25) is 0 Å². The van der Waals surface area contributed by atoms with E-state index < -0.39 is 42.3 Å². The van der Waals surface area contributed by atoms with Crippen molar-refractivity contribution in [1.82, 2.24) is 0 Å². The number of phenols is 2. The number of rotatable bonds is 3. The van der Waals surface area contributed by atoms with E-state index in [1.807, 2.05) is 26.8 Å². The van der Waals surface area contributed by atoms with E-state index in [9.17, 15) is 24.9 Å². The van der Waals surface area contributed by atoms with Crippen LogP contribution >= 0.6 is 0 Å². The van der Waals surface area contributed by atoms with E-state index in [4.69, 9.17) is 19.9 Å². The number of methoxy groups -OCH3 is 2. The van der Waals surface area contributed by atoms with Gasteiger partial charge in [-0.3, -0.25) is 4.79 Å². The second-order valence-electron chi connectivity index (χ2n) is 10.2. The van der Waals surface area contributed by atoms with Crippen LogP contribution in [0.3, 0.4) is 0 Å². The molecule has 6 N–H and O–H groups in total. The van der Waals surface area contributed by atoms with Gasteiger partial charge in [-0.05, 0) is 37.8 Å². The van der Waals surface area contributed by atoms with E-state index in [0.717, 1.165) is 5.57 Å². The Kier molecular flexibility index (Phi) is 11.6. The lowest BCUT2D eigenvalue weighted by Crippen LogP contribution is -2.37. The Morgan fingerprint density at radius 3 is 2.33 bits per heavy atom. The van der Waals surface area contributed by atoms with Gasteiger partial charge in [0.05, 0.1) is 24.0 Å². The smallest absolute Gasteiger partial charge is 0.405 e. The zero-order valence-corrected chi connectivity index (χ0v) is 23.7. The van der Waals surface area contributed by atoms with Crippen molar-refractivity contribution in [3.63, 3.8) is 0 Å². The normalized spacial score (nSPS) is 32.7. The molecule has 1 heterocycles. The molecule has 39 heavy (non-hydrogen) atoms. The summed E-state index contributed by atoms with van der Waals surface area (Å²) in [6.07, 6.45) is 3.66. The second-order valence-corrected chi connectivity index (χ2v) is 10.2. The number of allylic oxidation sites excluding steroid dienone is 2. The quantitative estimate of drug-likeness (QED) is 0.213. The standard InChI is InChI=1S/C29H42N2O8/c1-15-9-8-10-16(2)28(35)31-22-14-20(32)13-21(25(22)34)24(33)17(3)12-23(37-6)27(38-7)19(5)11-18(4)26(15)39-29(30)36/h8-11,13-15,17,19,23-24,26-27,32-34H,12H2,1-7H3,(H2,30,36)(H,31,35)/b9-8-,16-10+,18-11+/t15-,17-,19-,23-,24+,26?,27+/m0/s1. The van der Waals surface area contributed by atoms with E-state index in [0.29, 0.717) is 12.0 Å². The van der Waals surface area contributed by atoms with Gasteiger partial charge in [0, 0.05) is 43.3 Å². The molecule has 1 aliphatic rings. The van der Waals surface area contributed by atoms with Crippen molar-refractivity contribution in [1.29, 1.82) is 0 Å². The summed E-state index contributed by atoms with van der Waals surface area (Å²) in [6, 6.07) is 2.48. The lowest BCUT2D eigenvalue weighted by molar-refractivity contribution is -0.112. The Morgan fingerprint density at radius 1 is 1.08 bits per heavy atom. The number of benzene rings is 1. The fourth-order valence-corrected chi connectivity index (χ4v) is 4.95. The number of aromatic hydroxyl groups is 2. The number of hydrogen-bond acceptors (Lipinski definition) is 8. The summed E-state index contributed by atoms with van der Waals surface area (Å²) in [7, 11) is 3.12. The summed E-state index contributed by atoms with van der Waals surface area (Å²) >= 11 is 0. The Labute approximate surface area is 230 Å². The van der Waals surface area contributed by atoms with E-state index >= 15 is 0 Å². The third-order valence-corrected chi connectivity index (χ3v) is 7.11. The SMILES string of the molecule is CO[C@H]1[C@@H](OC)C[C@H](C)[C@@H](O)c2cc(O)cc(c2O)NC(=O)/C(C)=C/C=C\[C@H](C)C(OC(N)=O)/C(C)=C/[C@@H]1C. The molecule has 7 atom stereocenters. The first-order chi connectivity index (χ1) is 18.3. The maximum atomic E-state index is 12.8. The monoisotopic (exact) mass is 546 g/mol. The summed E-state index contributed by atoms with van der Waals surface area (Å²) in [6.45, 7) is 9.03. The van der Waals surface area contributed by atoms with Crippen molar-refractivity contribution in [3.8, 4) is 11.5 Å². The molecule has 0 aromatic heterocycles. The summed E-state index contributed by atoms with van der Waals surface area (Å²) in [5.41, 5.74) is 6.47. The molecular formula is C29H42N2O8. The van der Waals surface area contributed by atoms with E-state index in [1.54, 1.807) is 46.3 Å². The number of carbonyl (C=O) groups excluding carboxylic acids is 2. The van der Waals surface area contributed by atoms with Gasteiger partial charge in [-0.2, -0.15) is 0 Å². The van der Waals surface area contributed by atoms with Crippen LogP contribution < -0.4 is 11.1 Å². The zero-order valence-electron chi connectivity index (χ0n) is 23.7. The predicted octanol–water partition coefficient (Wildman–Crippen LogP) is 4.32. The minimum atomic E-state index is -1.19. The molecule has 1 aliphatic heterocycles. The number of phenolic OH excluding ortho intramolecular Hbond substituents is 2. The first-order valence-electron chi connectivity index (χ1n) is 12.9. The highest BCUT2D eigenvalue weighted by Gasteiger charge is 2.32. The van der Waals surface area contributed by atoms with Crippen molar-refractivity contribution in [2.75, 3.05) is 19.5 Å². The van der Waals surface area contributed by atoms with Gasteiger partial charge < -0.3 is 40.6 Å². The minimum absolute atomic E-state index is 0.0364. The highest BCUT2D eigenvalue weighted by Crippen LogP contribution is 2.40. The number of anilines is 1. The number of aliphatic hydroxyl groups excluding tert-OH is 1. The van der Waals surface area contributed by atoms with Gasteiger partial charge in [-0.25, -0.2) is 4.79 Å². The Morgan fingerprint density at radius 2 is 1.74 bits per heavy atom. The number of fused-ring (bicyclic) bond motifs is 2. The molecule has 0 saturated carbocycles. The number of nitrogens with one attached hydrogen (secondary N) is 1. The first kappa shape index (κ1) is 31.9. The van der Waals surface area contributed by atoms with Crippen molar-refractivity contribution < 1.29 is 39.1 Å². The maximum Gasteiger partial charge on any atom is 0.405 e. The average Bonchev–Trinajstić information content (AvgIpc) is 2.87. The largest absolute Gasteiger partial charge is 0.508 e. The van der Waals surface area contributed by atoms with Crippen LogP contribution in [-0.4, -0.2) is 59.9 Å². The average molecular weight is 547 g/mol. The topological polar surface area (TPSA) is 161 Å². The number of nitrogens with two attached hydrogens (primary N) is 1. The van der Waals surface area contributed by atoms with E-state index in [1.165, 1.54) is 12.1 Å². The molecule has 1 unspecified atom stereocenters. The fraction of sp³-hybridized carbons (Fsp3) is 0.517. The number of hydrogen-bond donors (Lipinski definition) is 5. The molecule has 1 aromatic rings. The van der Waals surface area contributed by atoms with Crippen molar-refractivity contribution in [3.05, 3.63) is 53.1 Å². The third kappa shape index (κ3) is 8.32. The van der Waals surface area contributed by atoms with E-state index in [2.05, 4.69) is 5.32 Å².